The molecule has 0 fully saturated rings. The molecule has 0 radical (unpaired) electrons. The average molecular weight is 374 g/mol. The number of ether oxygens (including phenoxy) is 1. The summed E-state index contributed by atoms with van der Waals surface area (Å²) >= 11 is 0. The minimum Gasteiger partial charge on any atom is -0.406 e. The van der Waals surface area contributed by atoms with Gasteiger partial charge in [-0.05, 0) is 24.3 Å². The number of hydrogen-bond donors (Lipinski definition) is 2. The van der Waals surface area contributed by atoms with Crippen molar-refractivity contribution in [2.45, 2.75) is 6.36 Å². The number of carbonyl (C=O) groups is 2. The Bertz CT molecular complexity index is 1040. The van der Waals surface area contributed by atoms with Crippen molar-refractivity contribution in [3.05, 3.63) is 53.6 Å². The lowest BCUT2D eigenvalue weighted by atomic mass is 10.1. The van der Waals surface area contributed by atoms with Crippen LogP contribution in [0.1, 0.15) is 11.1 Å². The van der Waals surface area contributed by atoms with E-state index in [1.165, 1.54) is 6.07 Å². The van der Waals surface area contributed by atoms with Gasteiger partial charge < -0.3 is 15.4 Å². The van der Waals surface area contributed by atoms with Crippen LogP contribution in [0.25, 0.3) is 0 Å². The molecule has 0 saturated heterocycles. The molecule has 7 nitrogen and oxygen atoms in total. The fourth-order valence-corrected chi connectivity index (χ4v) is 2.73. The maximum absolute atomic E-state index is 12.4. The third-order valence-electron chi connectivity index (χ3n) is 3.84. The molecule has 2 N–H and O–H groups in total. The van der Waals surface area contributed by atoms with Gasteiger partial charge in [-0.15, -0.1) is 23.4 Å². The summed E-state index contributed by atoms with van der Waals surface area (Å²) in [6.07, 6.45) is -4.87. The highest BCUT2D eigenvalue weighted by atomic mass is 19.4. The number of rotatable bonds is 2. The number of nitrogens with one attached hydrogen (secondary N) is 2. The molecule has 2 amide bonds. The highest BCUT2D eigenvalue weighted by molar-refractivity contribution is 6.55. The van der Waals surface area contributed by atoms with Crippen LogP contribution in [0.5, 0.6) is 5.75 Å². The maximum Gasteiger partial charge on any atom is 0.573 e. The molecule has 0 atom stereocenters. The summed E-state index contributed by atoms with van der Waals surface area (Å²) in [5, 5.41) is 12.7. The van der Waals surface area contributed by atoms with Gasteiger partial charge in [0.25, 0.3) is 11.8 Å². The van der Waals surface area contributed by atoms with Gasteiger partial charge in [-0.3, -0.25) is 9.59 Å². The molecule has 4 rings (SSSR count). The molecular weight excluding hydrogens is 365 g/mol. The molecule has 2 aliphatic heterocycles. The van der Waals surface area contributed by atoms with E-state index >= 15 is 0 Å². The van der Waals surface area contributed by atoms with Gasteiger partial charge in [0.05, 0.1) is 11.4 Å². The van der Waals surface area contributed by atoms with E-state index in [0.717, 1.165) is 12.1 Å². The number of nitrogens with zero attached hydrogens (tertiary/aromatic N) is 2. The van der Waals surface area contributed by atoms with E-state index in [4.69, 9.17) is 0 Å². The largest absolute Gasteiger partial charge is 0.573 e. The van der Waals surface area contributed by atoms with Crippen LogP contribution in [0.3, 0.4) is 0 Å². The number of carbonyl (C=O) groups excluding carboxylic acids is 2. The van der Waals surface area contributed by atoms with E-state index in [1.54, 1.807) is 24.3 Å². The quantitative estimate of drug-likeness (QED) is 0.792. The lowest BCUT2D eigenvalue weighted by Gasteiger charge is -2.09. The van der Waals surface area contributed by atoms with Gasteiger partial charge in [0.1, 0.15) is 5.75 Å². The predicted octanol–water partition coefficient (Wildman–Crippen LogP) is 2.68. The molecule has 0 spiro atoms. The summed E-state index contributed by atoms with van der Waals surface area (Å²) in [5.74, 6) is -1.64. The summed E-state index contributed by atoms with van der Waals surface area (Å²) in [6, 6.07) is 10.1. The molecule has 10 heteroatoms. The third-order valence-corrected chi connectivity index (χ3v) is 3.84. The van der Waals surface area contributed by atoms with Crippen molar-refractivity contribution in [2.24, 2.45) is 10.2 Å². The van der Waals surface area contributed by atoms with Crippen LogP contribution in [0.15, 0.2) is 52.7 Å². The summed E-state index contributed by atoms with van der Waals surface area (Å²) in [6.45, 7) is 0. The van der Waals surface area contributed by atoms with Crippen LogP contribution < -0.4 is 15.4 Å². The van der Waals surface area contributed by atoms with Crippen LogP contribution in [0, 0.1) is 0 Å². The second-order valence-corrected chi connectivity index (χ2v) is 5.61. The Hall–Kier alpha value is -3.69. The topological polar surface area (TPSA) is 92.2 Å². The van der Waals surface area contributed by atoms with Crippen molar-refractivity contribution >= 4 is 34.6 Å². The summed E-state index contributed by atoms with van der Waals surface area (Å²) in [5.41, 5.74) is 1.21. The Balaban J connectivity index is 1.73. The second kappa shape index (κ2) is 5.94. The van der Waals surface area contributed by atoms with E-state index in [0.29, 0.717) is 11.3 Å². The molecule has 2 heterocycles. The zero-order chi connectivity index (χ0) is 19.2. The van der Waals surface area contributed by atoms with Gasteiger partial charge >= 0.3 is 6.36 Å². The predicted molar refractivity (Wildman–Crippen MR) is 89.9 cm³/mol. The monoisotopic (exact) mass is 374 g/mol. The van der Waals surface area contributed by atoms with Gasteiger partial charge in [-0.1, -0.05) is 18.2 Å². The van der Waals surface area contributed by atoms with Gasteiger partial charge in [0, 0.05) is 11.1 Å². The fraction of sp³-hybridized carbons (Fsp3) is 0.0588. The minimum atomic E-state index is -4.87. The smallest absolute Gasteiger partial charge is 0.406 e. The Morgan fingerprint density at radius 3 is 2.07 bits per heavy atom. The zero-order valence-electron chi connectivity index (χ0n) is 13.3. The van der Waals surface area contributed by atoms with Crippen molar-refractivity contribution in [1.82, 2.24) is 0 Å². The molecule has 136 valence electrons. The average Bonchev–Trinajstić information content (AvgIpc) is 3.07. The van der Waals surface area contributed by atoms with Crippen molar-refractivity contribution in [1.29, 1.82) is 0 Å². The van der Waals surface area contributed by atoms with E-state index < -0.39 is 23.9 Å². The summed E-state index contributed by atoms with van der Waals surface area (Å²) < 4.78 is 41.1. The number of fused-ring (bicyclic) bond motifs is 2. The lowest BCUT2D eigenvalue weighted by Crippen LogP contribution is -2.17. The maximum atomic E-state index is 12.4. The fourth-order valence-electron chi connectivity index (χ4n) is 2.73. The Morgan fingerprint density at radius 2 is 1.41 bits per heavy atom. The van der Waals surface area contributed by atoms with Crippen LogP contribution in [0.4, 0.5) is 24.5 Å². The first-order valence-electron chi connectivity index (χ1n) is 7.60. The molecule has 2 aromatic carbocycles. The SMILES string of the molecule is O=C1Nc2ccccc2/C1=N/N=C1\C(=O)Nc2ccc(OC(F)(F)F)cc21. The number of amides is 2. The van der Waals surface area contributed by atoms with Gasteiger partial charge in [-0.2, -0.15) is 0 Å². The minimum absolute atomic E-state index is 0.00189. The summed E-state index contributed by atoms with van der Waals surface area (Å²) in [7, 11) is 0. The Morgan fingerprint density at radius 1 is 0.815 bits per heavy atom. The third kappa shape index (κ3) is 3.12. The first kappa shape index (κ1) is 16.8. The lowest BCUT2D eigenvalue weighted by molar-refractivity contribution is -0.274. The van der Waals surface area contributed by atoms with E-state index in [9.17, 15) is 22.8 Å². The van der Waals surface area contributed by atoms with E-state index in [-0.39, 0.29) is 22.7 Å². The standard InChI is InChI=1S/C17H9F3N4O3/c18-17(19,20)27-8-5-6-12-10(7-8)14(16(26)22-12)24-23-13-9-3-1-2-4-11(9)21-15(13)25/h1-7H,(H,21,23,25)(H,22,24,26). The number of alkyl halides is 3. The summed E-state index contributed by atoms with van der Waals surface area (Å²) in [4.78, 5) is 24.1. The number of benzene rings is 2. The first-order valence-corrected chi connectivity index (χ1v) is 7.60. The van der Waals surface area contributed by atoms with Crippen LogP contribution in [-0.2, 0) is 9.59 Å². The number of anilines is 2. The normalized spacial score (nSPS) is 18.3. The zero-order valence-corrected chi connectivity index (χ0v) is 13.3. The van der Waals surface area contributed by atoms with Crippen molar-refractivity contribution in [3.8, 4) is 5.75 Å². The Labute approximate surface area is 149 Å². The number of para-hydroxylation sites is 1. The van der Waals surface area contributed by atoms with Gasteiger partial charge in [0.2, 0.25) is 0 Å². The van der Waals surface area contributed by atoms with Crippen LogP contribution >= 0.6 is 0 Å². The highest BCUT2D eigenvalue weighted by Gasteiger charge is 2.33. The molecule has 0 saturated carbocycles. The second-order valence-electron chi connectivity index (χ2n) is 5.61. The van der Waals surface area contributed by atoms with Crippen molar-refractivity contribution in [2.75, 3.05) is 10.6 Å². The molecule has 0 aliphatic carbocycles. The van der Waals surface area contributed by atoms with E-state index in [2.05, 4.69) is 25.6 Å². The van der Waals surface area contributed by atoms with Crippen molar-refractivity contribution < 1.29 is 27.5 Å². The molecule has 2 aliphatic rings. The van der Waals surface area contributed by atoms with Crippen LogP contribution in [0.2, 0.25) is 0 Å². The first-order chi connectivity index (χ1) is 12.8. The molecular formula is C17H9F3N4O3. The number of halogens is 3. The van der Waals surface area contributed by atoms with Crippen LogP contribution in [-0.4, -0.2) is 29.6 Å². The molecule has 0 aromatic heterocycles. The molecule has 0 unspecified atom stereocenters. The Kier molecular flexibility index (Phi) is 3.69. The molecule has 2 aromatic rings. The van der Waals surface area contributed by atoms with Crippen molar-refractivity contribution in [3.63, 3.8) is 0 Å². The number of hydrogen-bond acceptors (Lipinski definition) is 5. The molecule has 0 bridgehead atoms. The van der Waals surface area contributed by atoms with E-state index in [1.807, 2.05) is 0 Å². The van der Waals surface area contributed by atoms with Gasteiger partial charge in [0.15, 0.2) is 11.4 Å². The molecule has 27 heavy (non-hydrogen) atoms. The highest BCUT2D eigenvalue weighted by Crippen LogP contribution is 2.31. The van der Waals surface area contributed by atoms with Gasteiger partial charge in [-0.25, -0.2) is 0 Å².